The minimum atomic E-state index is 0.241. The molecular formula is C7H12ClN3O2. The van der Waals surface area contributed by atoms with Crippen LogP contribution in [0.4, 0.5) is 6.01 Å². The van der Waals surface area contributed by atoms with E-state index in [2.05, 4.69) is 10.2 Å². The molecule has 1 aromatic heterocycles. The van der Waals surface area contributed by atoms with E-state index in [0.29, 0.717) is 25.1 Å². The molecule has 0 aliphatic heterocycles. The van der Waals surface area contributed by atoms with Crippen LogP contribution in [0.25, 0.3) is 0 Å². The number of halogens is 1. The number of hydrogen-bond donors (Lipinski definition) is 0. The van der Waals surface area contributed by atoms with Gasteiger partial charge in [-0.3, -0.25) is 0 Å². The third kappa shape index (κ3) is 2.86. The second kappa shape index (κ2) is 5.04. The molecule has 74 valence electrons. The zero-order chi connectivity index (χ0) is 9.68. The normalized spacial score (nSPS) is 10.4. The van der Waals surface area contributed by atoms with Crippen molar-refractivity contribution in [3.05, 3.63) is 5.89 Å². The number of likely N-dealkylation sites (N-methyl/N-ethyl adjacent to an activating group) is 1. The molecule has 0 atom stereocenters. The first-order valence-corrected chi connectivity index (χ1v) is 4.39. The topological polar surface area (TPSA) is 51.4 Å². The van der Waals surface area contributed by atoms with Gasteiger partial charge in [-0.15, -0.1) is 16.7 Å². The van der Waals surface area contributed by atoms with Gasteiger partial charge in [0.25, 0.3) is 0 Å². The molecule has 13 heavy (non-hydrogen) atoms. The van der Waals surface area contributed by atoms with Crippen LogP contribution in [-0.4, -0.2) is 37.5 Å². The van der Waals surface area contributed by atoms with Crippen molar-refractivity contribution in [2.45, 2.75) is 5.88 Å². The van der Waals surface area contributed by atoms with E-state index in [0.717, 1.165) is 0 Å². The highest BCUT2D eigenvalue weighted by Gasteiger charge is 2.08. The van der Waals surface area contributed by atoms with Crippen molar-refractivity contribution in [3.63, 3.8) is 0 Å². The lowest BCUT2D eigenvalue weighted by molar-refractivity contribution is 0.205. The average molecular weight is 206 g/mol. The molecule has 0 aliphatic rings. The van der Waals surface area contributed by atoms with Crippen LogP contribution in [0.1, 0.15) is 5.89 Å². The zero-order valence-corrected chi connectivity index (χ0v) is 8.41. The number of nitrogens with zero attached hydrogens (tertiary/aromatic N) is 3. The van der Waals surface area contributed by atoms with Crippen LogP contribution in [-0.2, 0) is 10.6 Å². The van der Waals surface area contributed by atoms with E-state index >= 15 is 0 Å². The van der Waals surface area contributed by atoms with Crippen molar-refractivity contribution >= 4 is 17.6 Å². The molecule has 0 amide bonds. The van der Waals surface area contributed by atoms with E-state index in [4.69, 9.17) is 20.8 Å². The van der Waals surface area contributed by atoms with Gasteiger partial charge in [-0.2, -0.15) is 0 Å². The lowest BCUT2D eigenvalue weighted by Crippen LogP contribution is -2.22. The van der Waals surface area contributed by atoms with Crippen molar-refractivity contribution in [3.8, 4) is 0 Å². The molecule has 0 aliphatic carbocycles. The minimum absolute atomic E-state index is 0.241. The number of hydrogen-bond acceptors (Lipinski definition) is 5. The maximum absolute atomic E-state index is 5.51. The summed E-state index contributed by atoms with van der Waals surface area (Å²) < 4.78 is 10.1. The molecule has 5 nitrogen and oxygen atoms in total. The second-order valence-electron chi connectivity index (χ2n) is 2.53. The van der Waals surface area contributed by atoms with Crippen LogP contribution in [0.15, 0.2) is 4.42 Å². The van der Waals surface area contributed by atoms with Gasteiger partial charge in [0.05, 0.1) is 6.61 Å². The van der Waals surface area contributed by atoms with Crippen LogP contribution >= 0.6 is 11.6 Å². The summed E-state index contributed by atoms with van der Waals surface area (Å²) in [7, 11) is 3.50. The highest BCUT2D eigenvalue weighted by atomic mass is 35.5. The van der Waals surface area contributed by atoms with Crippen molar-refractivity contribution in [2.75, 3.05) is 32.2 Å². The summed E-state index contributed by atoms with van der Waals surface area (Å²) in [5, 5.41) is 7.54. The lowest BCUT2D eigenvalue weighted by Gasteiger charge is -2.11. The quantitative estimate of drug-likeness (QED) is 0.669. The lowest BCUT2D eigenvalue weighted by atomic mass is 10.6. The van der Waals surface area contributed by atoms with Gasteiger partial charge in [-0.1, -0.05) is 5.10 Å². The molecule has 0 fully saturated rings. The molecule has 1 rings (SSSR count). The van der Waals surface area contributed by atoms with Gasteiger partial charge < -0.3 is 14.1 Å². The van der Waals surface area contributed by atoms with Crippen LogP contribution < -0.4 is 4.90 Å². The third-order valence-electron chi connectivity index (χ3n) is 1.53. The number of aromatic nitrogens is 2. The Labute approximate surface area is 81.6 Å². The Kier molecular flexibility index (Phi) is 3.98. The summed E-state index contributed by atoms with van der Waals surface area (Å²) in [6, 6.07) is 0.465. The Morgan fingerprint density at radius 1 is 1.54 bits per heavy atom. The third-order valence-corrected chi connectivity index (χ3v) is 1.76. The standard InChI is InChI=1S/C7H12ClN3O2/c1-11(3-4-12-2)7-10-9-6(5-8)13-7/h3-5H2,1-2H3. The highest BCUT2D eigenvalue weighted by Crippen LogP contribution is 2.10. The molecule has 0 saturated heterocycles. The first kappa shape index (κ1) is 10.3. The summed E-state index contributed by atoms with van der Waals surface area (Å²) in [4.78, 5) is 1.81. The van der Waals surface area contributed by atoms with E-state index in [-0.39, 0.29) is 5.88 Å². The van der Waals surface area contributed by atoms with Crippen molar-refractivity contribution in [2.24, 2.45) is 0 Å². The molecule has 6 heteroatoms. The fourth-order valence-corrected chi connectivity index (χ4v) is 0.885. The molecule has 1 aromatic rings. The Bertz CT molecular complexity index is 254. The van der Waals surface area contributed by atoms with Crippen LogP contribution in [0.5, 0.6) is 0 Å². The highest BCUT2D eigenvalue weighted by molar-refractivity contribution is 6.16. The van der Waals surface area contributed by atoms with Crippen molar-refractivity contribution < 1.29 is 9.15 Å². The van der Waals surface area contributed by atoms with Crippen LogP contribution in [0.2, 0.25) is 0 Å². The summed E-state index contributed by atoms with van der Waals surface area (Å²) in [6.07, 6.45) is 0. The fourth-order valence-electron chi connectivity index (χ4n) is 0.777. The second-order valence-corrected chi connectivity index (χ2v) is 2.79. The molecule has 0 saturated carbocycles. The SMILES string of the molecule is COCCN(C)c1nnc(CCl)o1. The molecule has 1 heterocycles. The van der Waals surface area contributed by atoms with Crippen molar-refractivity contribution in [1.82, 2.24) is 10.2 Å². The van der Waals surface area contributed by atoms with Crippen LogP contribution in [0.3, 0.4) is 0 Å². The van der Waals surface area contributed by atoms with Gasteiger partial charge >= 0.3 is 6.01 Å². The number of ether oxygens (including phenoxy) is 1. The number of rotatable bonds is 5. The summed E-state index contributed by atoms with van der Waals surface area (Å²) in [6.45, 7) is 1.33. The van der Waals surface area contributed by atoms with E-state index in [1.165, 1.54) is 0 Å². The molecule has 0 unspecified atom stereocenters. The number of alkyl halides is 1. The first-order chi connectivity index (χ1) is 6.27. The molecule has 0 bridgehead atoms. The van der Waals surface area contributed by atoms with Gasteiger partial charge in [0.2, 0.25) is 5.89 Å². The Hall–Kier alpha value is -0.810. The Morgan fingerprint density at radius 3 is 2.85 bits per heavy atom. The number of methoxy groups -OCH3 is 1. The first-order valence-electron chi connectivity index (χ1n) is 3.86. The van der Waals surface area contributed by atoms with E-state index in [1.54, 1.807) is 7.11 Å². The summed E-state index contributed by atoms with van der Waals surface area (Å²) >= 11 is 5.51. The largest absolute Gasteiger partial charge is 0.407 e. The minimum Gasteiger partial charge on any atom is -0.407 e. The predicted octanol–water partition coefficient (Wildman–Crippen LogP) is 0.891. The number of anilines is 1. The maximum atomic E-state index is 5.51. The predicted molar refractivity (Wildman–Crippen MR) is 49.0 cm³/mol. The molecule has 0 radical (unpaired) electrons. The summed E-state index contributed by atoms with van der Waals surface area (Å²) in [5.74, 6) is 0.673. The van der Waals surface area contributed by atoms with Crippen LogP contribution in [0, 0.1) is 0 Å². The molecule has 0 spiro atoms. The smallest absolute Gasteiger partial charge is 0.318 e. The van der Waals surface area contributed by atoms with Crippen molar-refractivity contribution in [1.29, 1.82) is 0 Å². The van der Waals surface area contributed by atoms with Gasteiger partial charge in [0.15, 0.2) is 0 Å². The van der Waals surface area contributed by atoms with Gasteiger partial charge in [-0.05, 0) is 0 Å². The average Bonchev–Trinajstić information content (AvgIpc) is 2.62. The van der Waals surface area contributed by atoms with E-state index in [9.17, 15) is 0 Å². The Balaban J connectivity index is 2.50. The zero-order valence-electron chi connectivity index (χ0n) is 7.66. The summed E-state index contributed by atoms with van der Waals surface area (Å²) in [5.41, 5.74) is 0. The van der Waals surface area contributed by atoms with Gasteiger partial charge in [0, 0.05) is 20.7 Å². The molecular weight excluding hydrogens is 194 g/mol. The monoisotopic (exact) mass is 205 g/mol. The molecule has 0 N–H and O–H groups in total. The fraction of sp³-hybridized carbons (Fsp3) is 0.714. The maximum Gasteiger partial charge on any atom is 0.318 e. The van der Waals surface area contributed by atoms with Gasteiger partial charge in [-0.25, -0.2) is 0 Å². The van der Waals surface area contributed by atoms with Gasteiger partial charge in [0.1, 0.15) is 5.88 Å². The van der Waals surface area contributed by atoms with E-state index in [1.807, 2.05) is 11.9 Å². The molecule has 0 aromatic carbocycles. The Morgan fingerprint density at radius 2 is 2.31 bits per heavy atom. The van der Waals surface area contributed by atoms with E-state index < -0.39 is 0 Å².